The lowest BCUT2D eigenvalue weighted by atomic mass is 10.1. The maximum Gasteiger partial charge on any atom is 0.272 e. The van der Waals surface area contributed by atoms with Gasteiger partial charge in [-0.25, -0.2) is 0 Å². The van der Waals surface area contributed by atoms with Crippen molar-refractivity contribution in [2.75, 3.05) is 14.2 Å². The zero-order chi connectivity index (χ0) is 18.1. The SMILES string of the molecule is COc1cc2c(cc1OC)[C@H](NC(=O)c1cc(-c3cccs3)[nH]n1)CC2. The van der Waals surface area contributed by atoms with Gasteiger partial charge in [0.15, 0.2) is 17.2 Å². The van der Waals surface area contributed by atoms with Crippen LogP contribution in [-0.4, -0.2) is 30.3 Å². The number of fused-ring (bicyclic) bond motifs is 1. The van der Waals surface area contributed by atoms with Gasteiger partial charge in [0.2, 0.25) is 0 Å². The number of methoxy groups -OCH3 is 2. The largest absolute Gasteiger partial charge is 0.493 e. The molecule has 3 aromatic rings. The lowest BCUT2D eigenvalue weighted by molar-refractivity contribution is 0.0931. The molecule has 1 amide bonds. The minimum Gasteiger partial charge on any atom is -0.493 e. The van der Waals surface area contributed by atoms with Crippen LogP contribution < -0.4 is 14.8 Å². The molecule has 1 aromatic carbocycles. The lowest BCUT2D eigenvalue weighted by Crippen LogP contribution is -2.27. The smallest absolute Gasteiger partial charge is 0.272 e. The molecule has 1 aliphatic carbocycles. The molecule has 0 fully saturated rings. The monoisotopic (exact) mass is 369 g/mol. The Hall–Kier alpha value is -2.80. The van der Waals surface area contributed by atoms with Crippen molar-refractivity contribution >= 4 is 17.2 Å². The second-order valence-corrected chi connectivity index (χ2v) is 7.06. The average molecular weight is 369 g/mol. The van der Waals surface area contributed by atoms with Crippen LogP contribution in [-0.2, 0) is 6.42 Å². The summed E-state index contributed by atoms with van der Waals surface area (Å²) in [5.41, 5.74) is 3.49. The molecule has 0 saturated carbocycles. The van der Waals surface area contributed by atoms with E-state index in [1.54, 1.807) is 31.6 Å². The molecule has 26 heavy (non-hydrogen) atoms. The van der Waals surface area contributed by atoms with Crippen LogP contribution in [0.25, 0.3) is 10.6 Å². The van der Waals surface area contributed by atoms with Crippen LogP contribution in [0.15, 0.2) is 35.7 Å². The van der Waals surface area contributed by atoms with Gasteiger partial charge in [0.25, 0.3) is 5.91 Å². The Labute approximate surface area is 155 Å². The number of carbonyl (C=O) groups excluding carboxylic acids is 1. The molecule has 0 aliphatic heterocycles. The van der Waals surface area contributed by atoms with E-state index in [-0.39, 0.29) is 11.9 Å². The van der Waals surface area contributed by atoms with E-state index < -0.39 is 0 Å². The van der Waals surface area contributed by atoms with Crippen molar-refractivity contribution < 1.29 is 14.3 Å². The van der Waals surface area contributed by atoms with Crippen molar-refractivity contribution in [1.82, 2.24) is 15.5 Å². The fourth-order valence-electron chi connectivity index (χ4n) is 3.31. The number of aromatic amines is 1. The summed E-state index contributed by atoms with van der Waals surface area (Å²) >= 11 is 1.60. The van der Waals surface area contributed by atoms with E-state index in [4.69, 9.17) is 9.47 Å². The van der Waals surface area contributed by atoms with Crippen molar-refractivity contribution in [1.29, 1.82) is 0 Å². The normalized spacial score (nSPS) is 15.5. The van der Waals surface area contributed by atoms with E-state index in [1.165, 1.54) is 5.56 Å². The number of hydrogen-bond acceptors (Lipinski definition) is 5. The molecular formula is C19H19N3O3S. The molecule has 4 rings (SSSR count). The summed E-state index contributed by atoms with van der Waals surface area (Å²) in [7, 11) is 3.24. The molecule has 0 unspecified atom stereocenters. The van der Waals surface area contributed by atoms with Gasteiger partial charge in [0.1, 0.15) is 0 Å². The summed E-state index contributed by atoms with van der Waals surface area (Å²) in [6.45, 7) is 0. The van der Waals surface area contributed by atoms with Crippen LogP contribution in [0.3, 0.4) is 0 Å². The molecule has 7 heteroatoms. The molecule has 1 atom stereocenters. The average Bonchev–Trinajstić information content (AvgIpc) is 3.40. The highest BCUT2D eigenvalue weighted by Crippen LogP contribution is 2.39. The van der Waals surface area contributed by atoms with E-state index in [1.807, 2.05) is 29.6 Å². The van der Waals surface area contributed by atoms with Gasteiger partial charge in [0, 0.05) is 0 Å². The third kappa shape index (κ3) is 2.94. The minimum atomic E-state index is -0.184. The maximum absolute atomic E-state index is 12.6. The Morgan fingerprint density at radius 2 is 2.08 bits per heavy atom. The van der Waals surface area contributed by atoms with Crippen molar-refractivity contribution in [3.05, 3.63) is 52.5 Å². The minimum absolute atomic E-state index is 0.0563. The Morgan fingerprint density at radius 1 is 1.27 bits per heavy atom. The Kier molecular flexibility index (Phi) is 4.38. The van der Waals surface area contributed by atoms with Crippen LogP contribution in [0, 0.1) is 0 Å². The quantitative estimate of drug-likeness (QED) is 0.721. The van der Waals surface area contributed by atoms with E-state index in [0.29, 0.717) is 17.2 Å². The predicted molar refractivity (Wildman–Crippen MR) is 100.0 cm³/mol. The molecule has 2 heterocycles. The number of ether oxygens (including phenoxy) is 2. The predicted octanol–water partition coefficient (Wildman–Crippen LogP) is 3.57. The third-order valence-corrected chi connectivity index (χ3v) is 5.53. The number of H-pyrrole nitrogens is 1. The number of thiophene rings is 1. The van der Waals surface area contributed by atoms with Crippen LogP contribution in [0.4, 0.5) is 0 Å². The Bertz CT molecular complexity index is 934. The summed E-state index contributed by atoms with van der Waals surface area (Å²) in [6.07, 6.45) is 1.74. The second-order valence-electron chi connectivity index (χ2n) is 6.11. The first-order valence-corrected chi connectivity index (χ1v) is 9.22. The van der Waals surface area contributed by atoms with Gasteiger partial charge in [-0.2, -0.15) is 5.10 Å². The first-order chi connectivity index (χ1) is 12.7. The van der Waals surface area contributed by atoms with Crippen molar-refractivity contribution in [3.8, 4) is 22.1 Å². The van der Waals surface area contributed by atoms with Crippen molar-refractivity contribution in [2.45, 2.75) is 18.9 Å². The zero-order valence-corrected chi connectivity index (χ0v) is 15.4. The number of benzene rings is 1. The lowest BCUT2D eigenvalue weighted by Gasteiger charge is -2.15. The molecular weight excluding hydrogens is 350 g/mol. The van der Waals surface area contributed by atoms with E-state index in [0.717, 1.165) is 29.0 Å². The van der Waals surface area contributed by atoms with Gasteiger partial charge < -0.3 is 14.8 Å². The van der Waals surface area contributed by atoms with Crippen LogP contribution >= 0.6 is 11.3 Å². The molecule has 1 aliphatic rings. The summed E-state index contributed by atoms with van der Waals surface area (Å²) < 4.78 is 10.7. The maximum atomic E-state index is 12.6. The van der Waals surface area contributed by atoms with Gasteiger partial charge in [0.05, 0.1) is 30.8 Å². The molecule has 2 aromatic heterocycles. The first kappa shape index (κ1) is 16.7. The zero-order valence-electron chi connectivity index (χ0n) is 14.5. The van der Waals surface area contributed by atoms with Gasteiger partial charge >= 0.3 is 0 Å². The number of rotatable bonds is 5. The van der Waals surface area contributed by atoms with Crippen LogP contribution in [0.2, 0.25) is 0 Å². The molecule has 0 bridgehead atoms. The molecule has 2 N–H and O–H groups in total. The number of aryl methyl sites for hydroxylation is 1. The van der Waals surface area contributed by atoms with Gasteiger partial charge in [-0.05, 0) is 53.6 Å². The summed E-state index contributed by atoms with van der Waals surface area (Å²) in [4.78, 5) is 13.7. The number of carbonyl (C=O) groups is 1. The second kappa shape index (κ2) is 6.84. The summed E-state index contributed by atoms with van der Waals surface area (Å²) in [5, 5.41) is 12.2. The summed E-state index contributed by atoms with van der Waals surface area (Å²) in [5.74, 6) is 1.20. The highest BCUT2D eigenvalue weighted by molar-refractivity contribution is 7.13. The Morgan fingerprint density at radius 3 is 2.81 bits per heavy atom. The van der Waals surface area contributed by atoms with Gasteiger partial charge in [-0.15, -0.1) is 11.3 Å². The van der Waals surface area contributed by atoms with Gasteiger partial charge in [-0.1, -0.05) is 6.07 Å². The van der Waals surface area contributed by atoms with E-state index in [9.17, 15) is 4.79 Å². The topological polar surface area (TPSA) is 76.2 Å². The first-order valence-electron chi connectivity index (χ1n) is 8.34. The standard InChI is InChI=1S/C19H19N3O3S/c1-24-16-8-11-5-6-13(12(11)9-17(16)25-2)20-19(23)15-10-14(21-22-15)18-4-3-7-26-18/h3-4,7-10,13H,5-6H2,1-2H3,(H,20,23)(H,21,22)/t13-/m1/s1. The van der Waals surface area contributed by atoms with E-state index >= 15 is 0 Å². The third-order valence-electron chi connectivity index (χ3n) is 4.63. The fraction of sp³-hybridized carbons (Fsp3) is 0.263. The summed E-state index contributed by atoms with van der Waals surface area (Å²) in [6, 6.07) is 9.63. The Balaban J connectivity index is 1.53. The van der Waals surface area contributed by atoms with Gasteiger partial charge in [-0.3, -0.25) is 9.89 Å². The number of amides is 1. The fourth-order valence-corrected chi connectivity index (χ4v) is 4.00. The molecule has 0 spiro atoms. The number of hydrogen-bond donors (Lipinski definition) is 2. The highest BCUT2D eigenvalue weighted by atomic mass is 32.1. The number of nitrogens with one attached hydrogen (secondary N) is 2. The molecule has 0 radical (unpaired) electrons. The number of aromatic nitrogens is 2. The molecule has 134 valence electrons. The highest BCUT2D eigenvalue weighted by Gasteiger charge is 2.27. The van der Waals surface area contributed by atoms with Crippen molar-refractivity contribution in [2.24, 2.45) is 0 Å². The molecule has 0 saturated heterocycles. The van der Waals surface area contributed by atoms with Crippen LogP contribution in [0.1, 0.15) is 34.1 Å². The van der Waals surface area contributed by atoms with Crippen molar-refractivity contribution in [3.63, 3.8) is 0 Å². The molecule has 6 nitrogen and oxygen atoms in total. The number of nitrogens with zero attached hydrogens (tertiary/aromatic N) is 1. The van der Waals surface area contributed by atoms with E-state index in [2.05, 4.69) is 15.5 Å². The van der Waals surface area contributed by atoms with Crippen LogP contribution in [0.5, 0.6) is 11.5 Å².